The van der Waals surface area contributed by atoms with Gasteiger partial charge < -0.3 is 10.1 Å². The molecule has 0 fully saturated rings. The molecule has 3 aromatic rings. The second kappa shape index (κ2) is 8.17. The number of hydrogen-bond donors (Lipinski definition) is 1. The molecule has 4 nitrogen and oxygen atoms in total. The Morgan fingerprint density at radius 1 is 1.08 bits per heavy atom. The van der Waals surface area contributed by atoms with Crippen molar-refractivity contribution in [3.63, 3.8) is 0 Å². The summed E-state index contributed by atoms with van der Waals surface area (Å²) in [7, 11) is 0. The van der Waals surface area contributed by atoms with Crippen molar-refractivity contribution in [2.45, 2.75) is 6.92 Å². The number of amides is 1. The van der Waals surface area contributed by atoms with Gasteiger partial charge in [-0.1, -0.05) is 41.9 Å². The highest BCUT2D eigenvalue weighted by Crippen LogP contribution is 2.36. The average Bonchev–Trinajstić information content (AvgIpc) is 3.07. The van der Waals surface area contributed by atoms with Gasteiger partial charge in [0.25, 0.3) is 5.91 Å². The van der Waals surface area contributed by atoms with Crippen LogP contribution in [0.25, 0.3) is 10.4 Å². The van der Waals surface area contributed by atoms with E-state index < -0.39 is 5.97 Å². The van der Waals surface area contributed by atoms with E-state index in [1.165, 1.54) is 11.3 Å². The Balaban J connectivity index is 1.93. The molecule has 0 bridgehead atoms. The quantitative estimate of drug-likeness (QED) is 0.590. The summed E-state index contributed by atoms with van der Waals surface area (Å²) in [6.45, 7) is 2.01. The first-order valence-electron chi connectivity index (χ1n) is 8.01. The zero-order valence-electron chi connectivity index (χ0n) is 14.0. The van der Waals surface area contributed by atoms with Gasteiger partial charge in [0.1, 0.15) is 5.00 Å². The lowest BCUT2D eigenvalue weighted by Gasteiger charge is -2.06. The van der Waals surface area contributed by atoms with Gasteiger partial charge >= 0.3 is 5.97 Å². The first kappa shape index (κ1) is 18.2. The second-order valence-corrected chi connectivity index (χ2v) is 6.89. The molecule has 0 aliphatic carbocycles. The summed E-state index contributed by atoms with van der Waals surface area (Å²) in [4.78, 5) is 25.7. The van der Waals surface area contributed by atoms with Crippen LogP contribution in [-0.2, 0) is 4.74 Å². The maximum absolute atomic E-state index is 12.5. The SMILES string of the molecule is CCOC(=O)c1cc(-c2ccccc2)sc1NC(=O)c1ccc(Cl)cc1. The first-order chi connectivity index (χ1) is 12.6. The molecule has 2 aromatic carbocycles. The summed E-state index contributed by atoms with van der Waals surface area (Å²) < 4.78 is 5.12. The van der Waals surface area contributed by atoms with E-state index in [4.69, 9.17) is 16.3 Å². The van der Waals surface area contributed by atoms with Crippen molar-refractivity contribution in [3.8, 4) is 10.4 Å². The van der Waals surface area contributed by atoms with E-state index in [9.17, 15) is 9.59 Å². The van der Waals surface area contributed by atoms with Gasteiger partial charge in [-0.05, 0) is 42.8 Å². The summed E-state index contributed by atoms with van der Waals surface area (Å²) in [5.41, 5.74) is 1.77. The van der Waals surface area contributed by atoms with Crippen LogP contribution in [0.5, 0.6) is 0 Å². The number of carbonyl (C=O) groups excluding carboxylic acids is 2. The van der Waals surface area contributed by atoms with Crippen LogP contribution in [0.1, 0.15) is 27.6 Å². The third kappa shape index (κ3) is 4.12. The predicted octanol–water partition coefficient (Wildman–Crippen LogP) is 5.50. The van der Waals surface area contributed by atoms with Gasteiger partial charge in [0.05, 0.1) is 12.2 Å². The fourth-order valence-electron chi connectivity index (χ4n) is 2.37. The molecular formula is C20H16ClNO3S. The monoisotopic (exact) mass is 385 g/mol. The smallest absolute Gasteiger partial charge is 0.341 e. The van der Waals surface area contributed by atoms with Gasteiger partial charge in [0.15, 0.2) is 0 Å². The third-order valence-electron chi connectivity index (χ3n) is 3.62. The van der Waals surface area contributed by atoms with Gasteiger partial charge in [-0.15, -0.1) is 11.3 Å². The number of thiophene rings is 1. The molecule has 0 spiro atoms. The number of ether oxygens (including phenoxy) is 1. The molecule has 1 heterocycles. The molecule has 0 atom stereocenters. The minimum absolute atomic E-state index is 0.264. The van der Waals surface area contributed by atoms with Gasteiger partial charge in [-0.25, -0.2) is 4.79 Å². The molecule has 1 N–H and O–H groups in total. The van der Waals surface area contributed by atoms with Crippen LogP contribution in [0.4, 0.5) is 5.00 Å². The Labute approximate surface area is 160 Å². The maximum atomic E-state index is 12.5. The van der Waals surface area contributed by atoms with Crippen LogP contribution >= 0.6 is 22.9 Å². The third-order valence-corrected chi connectivity index (χ3v) is 4.97. The molecule has 1 aromatic heterocycles. The standard InChI is InChI=1S/C20H16ClNO3S/c1-2-25-20(24)16-12-17(13-6-4-3-5-7-13)26-19(16)22-18(23)14-8-10-15(21)11-9-14/h3-12H,2H2,1H3,(H,22,23). The minimum atomic E-state index is -0.461. The number of nitrogens with one attached hydrogen (secondary N) is 1. The number of rotatable bonds is 5. The van der Waals surface area contributed by atoms with Crippen LogP contribution in [0, 0.1) is 0 Å². The Hall–Kier alpha value is -2.63. The molecule has 0 saturated heterocycles. The molecule has 6 heteroatoms. The molecule has 26 heavy (non-hydrogen) atoms. The van der Waals surface area contributed by atoms with Crippen molar-refractivity contribution < 1.29 is 14.3 Å². The van der Waals surface area contributed by atoms with Gasteiger partial charge in [-0.2, -0.15) is 0 Å². The molecule has 1 amide bonds. The summed E-state index contributed by atoms with van der Waals surface area (Å²) >= 11 is 7.19. The van der Waals surface area contributed by atoms with Crippen molar-refractivity contribution >= 4 is 39.8 Å². The van der Waals surface area contributed by atoms with Crippen molar-refractivity contribution in [2.75, 3.05) is 11.9 Å². The zero-order valence-corrected chi connectivity index (χ0v) is 15.6. The molecule has 0 saturated carbocycles. The number of esters is 1. The molecule has 0 aliphatic rings. The average molecular weight is 386 g/mol. The van der Waals surface area contributed by atoms with E-state index >= 15 is 0 Å². The van der Waals surface area contributed by atoms with E-state index in [1.807, 2.05) is 30.3 Å². The zero-order chi connectivity index (χ0) is 18.5. The van der Waals surface area contributed by atoms with E-state index in [0.717, 1.165) is 10.4 Å². The normalized spacial score (nSPS) is 10.4. The summed E-state index contributed by atoms with van der Waals surface area (Å²) in [6.07, 6.45) is 0. The predicted molar refractivity (Wildman–Crippen MR) is 105 cm³/mol. The first-order valence-corrected chi connectivity index (χ1v) is 9.21. The molecular weight excluding hydrogens is 370 g/mol. The van der Waals surface area contributed by atoms with E-state index in [2.05, 4.69) is 5.32 Å². The Kier molecular flexibility index (Phi) is 5.71. The Bertz CT molecular complexity index is 920. The molecule has 3 rings (SSSR count). The van der Waals surface area contributed by atoms with E-state index in [-0.39, 0.29) is 12.5 Å². The van der Waals surface area contributed by atoms with Crippen molar-refractivity contribution in [3.05, 3.63) is 76.8 Å². The Morgan fingerprint density at radius 3 is 2.42 bits per heavy atom. The lowest BCUT2D eigenvalue weighted by Crippen LogP contribution is -2.14. The number of hydrogen-bond acceptors (Lipinski definition) is 4. The van der Waals surface area contributed by atoms with Crippen LogP contribution < -0.4 is 5.32 Å². The van der Waals surface area contributed by atoms with Crippen LogP contribution in [0.15, 0.2) is 60.7 Å². The maximum Gasteiger partial charge on any atom is 0.341 e. The fourth-order valence-corrected chi connectivity index (χ4v) is 3.54. The Morgan fingerprint density at radius 2 is 1.77 bits per heavy atom. The van der Waals surface area contributed by atoms with Crippen molar-refractivity contribution in [1.82, 2.24) is 0 Å². The summed E-state index contributed by atoms with van der Waals surface area (Å²) in [5.74, 6) is -0.772. The largest absolute Gasteiger partial charge is 0.462 e. The number of carbonyl (C=O) groups is 2. The number of halogens is 1. The molecule has 0 radical (unpaired) electrons. The van der Waals surface area contributed by atoms with E-state index in [0.29, 0.717) is 21.2 Å². The number of benzene rings is 2. The lowest BCUT2D eigenvalue weighted by molar-refractivity contribution is 0.0528. The molecule has 0 aliphatic heterocycles. The highest BCUT2D eigenvalue weighted by molar-refractivity contribution is 7.20. The van der Waals surface area contributed by atoms with Gasteiger partial charge in [0.2, 0.25) is 0 Å². The minimum Gasteiger partial charge on any atom is -0.462 e. The topological polar surface area (TPSA) is 55.4 Å². The van der Waals surface area contributed by atoms with Crippen molar-refractivity contribution in [1.29, 1.82) is 0 Å². The second-order valence-electron chi connectivity index (χ2n) is 5.40. The fraction of sp³-hybridized carbons (Fsp3) is 0.100. The van der Waals surface area contributed by atoms with Crippen LogP contribution in [0.2, 0.25) is 5.02 Å². The lowest BCUT2D eigenvalue weighted by atomic mass is 10.1. The number of anilines is 1. The van der Waals surface area contributed by atoms with E-state index in [1.54, 1.807) is 37.3 Å². The summed E-state index contributed by atoms with van der Waals surface area (Å²) in [6, 6.07) is 18.0. The highest BCUT2D eigenvalue weighted by Gasteiger charge is 2.20. The highest BCUT2D eigenvalue weighted by atomic mass is 35.5. The van der Waals surface area contributed by atoms with Gasteiger partial charge in [0, 0.05) is 15.5 Å². The molecule has 0 unspecified atom stereocenters. The van der Waals surface area contributed by atoms with Gasteiger partial charge in [-0.3, -0.25) is 4.79 Å². The molecule has 132 valence electrons. The summed E-state index contributed by atoms with van der Waals surface area (Å²) in [5, 5.41) is 3.82. The van der Waals surface area contributed by atoms with Crippen LogP contribution in [-0.4, -0.2) is 18.5 Å². The van der Waals surface area contributed by atoms with Crippen molar-refractivity contribution in [2.24, 2.45) is 0 Å². The van der Waals surface area contributed by atoms with Crippen LogP contribution in [0.3, 0.4) is 0 Å².